The Balaban J connectivity index is 0.00000144. The van der Waals surface area contributed by atoms with E-state index in [9.17, 15) is 5.11 Å². The van der Waals surface area contributed by atoms with Crippen molar-refractivity contribution in [2.45, 2.75) is 18.8 Å². The number of piperidine rings is 1. The van der Waals surface area contributed by atoms with E-state index < -0.39 is 18.8 Å². The van der Waals surface area contributed by atoms with Crippen molar-refractivity contribution < 1.29 is 12.0 Å². The summed E-state index contributed by atoms with van der Waals surface area (Å²) in [4.78, 5) is 0. The number of aliphatic hydroxyl groups is 1. The van der Waals surface area contributed by atoms with Crippen molar-refractivity contribution in [1.29, 1.82) is 0 Å². The summed E-state index contributed by atoms with van der Waals surface area (Å²) in [5.74, 6) is 0. The van der Waals surface area contributed by atoms with Crippen LogP contribution in [0.25, 0.3) is 0 Å². The van der Waals surface area contributed by atoms with Crippen LogP contribution in [0.3, 0.4) is 0 Å². The van der Waals surface area contributed by atoms with Crippen LogP contribution in [0.4, 0.5) is 0 Å². The predicted octanol–water partition coefficient (Wildman–Crippen LogP) is 0.153. The third-order valence-corrected chi connectivity index (χ3v) is 0.762. The first-order valence-electron chi connectivity index (χ1n) is 4.64. The van der Waals surface area contributed by atoms with Crippen LogP contribution >= 0.6 is 12.4 Å². The standard InChI is InChI=1S/C5H11NO.ClH/c7-5-1-3-6-4-2-5;/h5-7H,1-4H2;1H/i1D2,2D2,5D;. The van der Waals surface area contributed by atoms with Crippen molar-refractivity contribution in [1.82, 2.24) is 5.32 Å². The summed E-state index contributed by atoms with van der Waals surface area (Å²) in [7, 11) is 0. The second-order valence-electron chi connectivity index (χ2n) is 1.31. The maximum atomic E-state index is 9.31. The van der Waals surface area contributed by atoms with E-state index in [1.165, 1.54) is 0 Å². The van der Waals surface area contributed by atoms with Crippen LogP contribution in [0.15, 0.2) is 0 Å². The lowest BCUT2D eigenvalue weighted by molar-refractivity contribution is 0.137. The fraction of sp³-hybridized carbons (Fsp3) is 1.00. The molecule has 2 nitrogen and oxygen atoms in total. The Kier molecular flexibility index (Phi) is 1.48. The van der Waals surface area contributed by atoms with E-state index in [4.69, 9.17) is 6.85 Å². The zero-order valence-electron chi connectivity index (χ0n) is 9.27. The van der Waals surface area contributed by atoms with E-state index in [1.807, 2.05) is 0 Å². The number of nitrogens with one attached hydrogen (secondary N) is 1. The predicted molar refractivity (Wildman–Crippen MR) is 35.4 cm³/mol. The van der Waals surface area contributed by atoms with Gasteiger partial charge >= 0.3 is 0 Å². The Hall–Kier alpha value is 0.210. The molecule has 0 aliphatic carbocycles. The molecule has 1 saturated heterocycles. The van der Waals surface area contributed by atoms with Gasteiger partial charge in [-0.05, 0) is 25.8 Å². The molecular formula is C5H12ClNO. The summed E-state index contributed by atoms with van der Waals surface area (Å²) < 4.78 is 36.0. The van der Waals surface area contributed by atoms with Crippen LogP contribution in [-0.2, 0) is 0 Å². The Bertz CT molecular complexity index is 179. The Morgan fingerprint density at radius 2 is 2.12 bits per heavy atom. The van der Waals surface area contributed by atoms with E-state index >= 15 is 0 Å². The molecule has 0 aromatic heterocycles. The fourth-order valence-corrected chi connectivity index (χ4v) is 0.417. The first kappa shape index (κ1) is 2.86. The summed E-state index contributed by atoms with van der Waals surface area (Å²) in [6.07, 6.45) is -7.19. The highest BCUT2D eigenvalue weighted by atomic mass is 35.5. The quantitative estimate of drug-likeness (QED) is 0.505. The molecule has 0 aromatic rings. The molecule has 0 aromatic carbocycles. The SMILES string of the molecule is Cl.[2H]C1([2H])CNCC([2H])([2H])C1([2H])O. The van der Waals surface area contributed by atoms with Crippen molar-refractivity contribution in [3.8, 4) is 0 Å². The molecule has 0 saturated carbocycles. The van der Waals surface area contributed by atoms with Crippen LogP contribution in [-0.4, -0.2) is 24.3 Å². The molecule has 0 amide bonds. The molecular weight excluding hydrogens is 126 g/mol. The Morgan fingerprint density at radius 3 is 2.50 bits per heavy atom. The molecule has 1 fully saturated rings. The van der Waals surface area contributed by atoms with E-state index in [1.54, 1.807) is 0 Å². The van der Waals surface area contributed by atoms with Gasteiger partial charge in [0.2, 0.25) is 0 Å². The highest BCUT2D eigenvalue weighted by Crippen LogP contribution is 1.99. The van der Waals surface area contributed by atoms with Gasteiger partial charge in [0.25, 0.3) is 0 Å². The lowest BCUT2D eigenvalue weighted by atomic mass is 10.1. The van der Waals surface area contributed by atoms with E-state index in [0.29, 0.717) is 0 Å². The molecule has 50 valence electrons. The molecule has 0 atom stereocenters. The van der Waals surface area contributed by atoms with Crippen molar-refractivity contribution in [2.75, 3.05) is 13.1 Å². The monoisotopic (exact) mass is 142 g/mol. The third kappa shape index (κ3) is 2.50. The van der Waals surface area contributed by atoms with Crippen molar-refractivity contribution in [2.24, 2.45) is 0 Å². The van der Waals surface area contributed by atoms with Gasteiger partial charge in [-0.3, -0.25) is 0 Å². The Morgan fingerprint density at radius 1 is 1.62 bits per heavy atom. The normalized spacial score (nSPS) is 47.9. The minimum Gasteiger partial charge on any atom is -0.393 e. The first-order valence-corrected chi connectivity index (χ1v) is 2.14. The summed E-state index contributed by atoms with van der Waals surface area (Å²) >= 11 is 0. The van der Waals surface area contributed by atoms with Crippen LogP contribution in [0, 0.1) is 0 Å². The molecule has 3 heteroatoms. The number of hydrogen-bond donors (Lipinski definition) is 2. The molecule has 1 rings (SSSR count). The lowest BCUT2D eigenvalue weighted by Crippen LogP contribution is -2.30. The van der Waals surface area contributed by atoms with Crippen molar-refractivity contribution in [3.05, 3.63) is 0 Å². The smallest absolute Gasteiger partial charge is 0.0601 e. The van der Waals surface area contributed by atoms with E-state index in [2.05, 4.69) is 5.32 Å². The third-order valence-electron chi connectivity index (χ3n) is 0.762. The summed E-state index contributed by atoms with van der Waals surface area (Å²) in [5, 5.41) is 11.8. The highest BCUT2D eigenvalue weighted by Gasteiger charge is 2.06. The largest absolute Gasteiger partial charge is 0.393 e. The minimum atomic E-state index is -2.68. The second-order valence-corrected chi connectivity index (χ2v) is 1.31. The molecule has 0 unspecified atom stereocenters. The van der Waals surface area contributed by atoms with Gasteiger partial charge in [-0.25, -0.2) is 0 Å². The van der Waals surface area contributed by atoms with Crippen molar-refractivity contribution in [3.63, 3.8) is 0 Å². The number of rotatable bonds is 0. The van der Waals surface area contributed by atoms with Gasteiger partial charge < -0.3 is 10.4 Å². The zero-order valence-corrected chi connectivity index (χ0v) is 5.09. The van der Waals surface area contributed by atoms with Crippen molar-refractivity contribution >= 4 is 12.4 Å². The topological polar surface area (TPSA) is 32.3 Å². The second kappa shape index (κ2) is 4.13. The van der Waals surface area contributed by atoms with Gasteiger partial charge in [0, 0.05) is 5.48 Å². The zero-order chi connectivity index (χ0) is 9.62. The van der Waals surface area contributed by atoms with Crippen LogP contribution in [0.1, 0.15) is 19.6 Å². The molecule has 8 heavy (non-hydrogen) atoms. The van der Waals surface area contributed by atoms with Gasteiger partial charge in [-0.15, -0.1) is 12.4 Å². The van der Waals surface area contributed by atoms with Gasteiger partial charge in [0.15, 0.2) is 0 Å². The maximum absolute atomic E-state index is 9.31. The molecule has 0 radical (unpaired) electrons. The van der Waals surface area contributed by atoms with Gasteiger partial charge in [-0.2, -0.15) is 0 Å². The minimum absolute atomic E-state index is 0. The summed E-state index contributed by atoms with van der Waals surface area (Å²) in [6.45, 7) is -0.404. The van der Waals surface area contributed by atoms with Crippen LogP contribution in [0.2, 0.25) is 0 Å². The summed E-state index contributed by atoms with van der Waals surface area (Å²) in [6, 6.07) is 0. The number of halogens is 1. The molecule has 1 aliphatic rings. The van der Waals surface area contributed by atoms with Crippen LogP contribution < -0.4 is 5.32 Å². The average Bonchev–Trinajstić information content (AvgIpc) is 1.83. The lowest BCUT2D eigenvalue weighted by Gasteiger charge is -2.16. The van der Waals surface area contributed by atoms with Gasteiger partial charge in [0.05, 0.1) is 7.45 Å². The fourth-order valence-electron chi connectivity index (χ4n) is 0.417. The Labute approximate surface area is 62.7 Å². The number of hydrogen-bond acceptors (Lipinski definition) is 2. The first-order chi connectivity index (χ1) is 5.21. The van der Waals surface area contributed by atoms with Gasteiger partial charge in [-0.1, -0.05) is 0 Å². The summed E-state index contributed by atoms with van der Waals surface area (Å²) in [5.41, 5.74) is 0. The molecule has 2 N–H and O–H groups in total. The molecule has 1 aliphatic heterocycles. The molecule has 0 bridgehead atoms. The van der Waals surface area contributed by atoms with Crippen LogP contribution in [0.5, 0.6) is 0 Å². The average molecular weight is 143 g/mol. The van der Waals surface area contributed by atoms with E-state index in [-0.39, 0.29) is 25.5 Å². The van der Waals surface area contributed by atoms with Gasteiger partial charge in [0.1, 0.15) is 0 Å². The molecule has 0 spiro atoms. The highest BCUT2D eigenvalue weighted by molar-refractivity contribution is 5.85. The molecule has 1 heterocycles. The van der Waals surface area contributed by atoms with E-state index in [0.717, 1.165) is 0 Å². The maximum Gasteiger partial charge on any atom is 0.0601 e.